The van der Waals surface area contributed by atoms with Crippen LogP contribution in [0.2, 0.25) is 0 Å². The third-order valence-electron chi connectivity index (χ3n) is 5.58. The number of carbonyl (C=O) groups excluding carboxylic acids is 1. The van der Waals surface area contributed by atoms with Crippen LogP contribution in [0.1, 0.15) is 37.4 Å². The Labute approximate surface area is 197 Å². The molecular weight excluding hydrogens is 450 g/mol. The van der Waals surface area contributed by atoms with E-state index in [4.69, 9.17) is 5.11 Å². The van der Waals surface area contributed by atoms with Crippen molar-refractivity contribution in [1.82, 2.24) is 5.32 Å². The Morgan fingerprint density at radius 1 is 0.735 bits per heavy atom. The quantitative estimate of drug-likeness (QED) is 0.413. The van der Waals surface area contributed by atoms with Crippen LogP contribution < -0.4 is 5.32 Å². The van der Waals surface area contributed by atoms with Gasteiger partial charge >= 0.3 is 5.97 Å². The van der Waals surface area contributed by atoms with E-state index in [1.807, 2.05) is 30.3 Å². The molecule has 0 saturated heterocycles. The minimum Gasteiger partial charge on any atom is -0.478 e. The van der Waals surface area contributed by atoms with E-state index >= 15 is 0 Å². The smallest absolute Gasteiger partial charge is 0.335 e. The Bertz CT molecular complexity index is 1470. The highest BCUT2D eigenvalue weighted by atomic mass is 32.2. The molecule has 1 amide bonds. The van der Waals surface area contributed by atoms with Crippen molar-refractivity contribution < 1.29 is 23.1 Å². The second-order valence-corrected chi connectivity index (χ2v) is 10.2. The highest BCUT2D eigenvalue weighted by molar-refractivity contribution is 7.90. The summed E-state index contributed by atoms with van der Waals surface area (Å²) in [5.41, 5.74) is 3.64. The van der Waals surface area contributed by atoms with Gasteiger partial charge in [0.1, 0.15) is 0 Å². The highest BCUT2D eigenvalue weighted by Crippen LogP contribution is 2.21. The van der Waals surface area contributed by atoms with Gasteiger partial charge in [-0.3, -0.25) is 4.79 Å². The summed E-state index contributed by atoms with van der Waals surface area (Å²) in [6.45, 7) is 0.285. The molecular formula is C27H23NO5S. The molecule has 34 heavy (non-hydrogen) atoms. The van der Waals surface area contributed by atoms with Crippen LogP contribution in [-0.2, 0) is 22.8 Å². The maximum atomic E-state index is 12.7. The maximum absolute atomic E-state index is 12.7. The van der Waals surface area contributed by atoms with Crippen molar-refractivity contribution in [2.75, 3.05) is 6.26 Å². The van der Waals surface area contributed by atoms with Crippen molar-refractivity contribution in [3.63, 3.8) is 0 Å². The van der Waals surface area contributed by atoms with Crippen molar-refractivity contribution in [2.24, 2.45) is 0 Å². The van der Waals surface area contributed by atoms with Crippen LogP contribution in [0, 0.1) is 0 Å². The summed E-state index contributed by atoms with van der Waals surface area (Å²) < 4.78 is 23.2. The predicted octanol–water partition coefficient (Wildman–Crippen LogP) is 4.46. The van der Waals surface area contributed by atoms with Gasteiger partial charge in [0, 0.05) is 18.4 Å². The Morgan fingerprint density at radius 2 is 1.32 bits per heavy atom. The Hall–Kier alpha value is -3.97. The average molecular weight is 474 g/mol. The lowest BCUT2D eigenvalue weighted by molar-refractivity contribution is 0.0696. The van der Waals surface area contributed by atoms with E-state index < -0.39 is 15.8 Å². The third kappa shape index (κ3) is 5.50. The number of sulfone groups is 1. The largest absolute Gasteiger partial charge is 0.478 e. The molecule has 0 aliphatic heterocycles. The molecule has 6 nitrogen and oxygen atoms in total. The fourth-order valence-electron chi connectivity index (χ4n) is 3.69. The topological polar surface area (TPSA) is 101 Å². The molecule has 0 saturated carbocycles. The van der Waals surface area contributed by atoms with E-state index in [9.17, 15) is 18.0 Å². The van der Waals surface area contributed by atoms with Gasteiger partial charge < -0.3 is 10.4 Å². The number of hydrogen-bond donors (Lipinski definition) is 2. The van der Waals surface area contributed by atoms with Gasteiger partial charge in [0.25, 0.3) is 5.91 Å². The molecule has 7 heteroatoms. The van der Waals surface area contributed by atoms with E-state index in [0.29, 0.717) is 12.0 Å². The fourth-order valence-corrected chi connectivity index (χ4v) is 4.32. The second kappa shape index (κ2) is 9.49. The maximum Gasteiger partial charge on any atom is 0.335 e. The average Bonchev–Trinajstić information content (AvgIpc) is 2.82. The molecule has 4 rings (SSSR count). The summed E-state index contributed by atoms with van der Waals surface area (Å²) in [6, 6.07) is 24.8. The summed E-state index contributed by atoms with van der Waals surface area (Å²) in [5, 5.41) is 13.9. The van der Waals surface area contributed by atoms with E-state index in [0.717, 1.165) is 33.7 Å². The van der Waals surface area contributed by atoms with Crippen LogP contribution in [0.25, 0.3) is 10.8 Å². The lowest BCUT2D eigenvalue weighted by Crippen LogP contribution is -2.22. The number of carbonyl (C=O) groups is 2. The molecule has 0 aromatic heterocycles. The minimum atomic E-state index is -3.25. The van der Waals surface area contributed by atoms with Crippen LogP contribution in [0.4, 0.5) is 0 Å². The van der Waals surface area contributed by atoms with Crippen LogP contribution in [0.15, 0.2) is 89.8 Å². The molecule has 0 aliphatic rings. The zero-order chi connectivity index (χ0) is 24.3. The van der Waals surface area contributed by atoms with Gasteiger partial charge in [-0.25, -0.2) is 13.2 Å². The highest BCUT2D eigenvalue weighted by Gasteiger charge is 2.09. The van der Waals surface area contributed by atoms with Crippen LogP contribution >= 0.6 is 0 Å². The zero-order valence-electron chi connectivity index (χ0n) is 18.5. The molecule has 0 aliphatic carbocycles. The summed E-state index contributed by atoms with van der Waals surface area (Å²) in [7, 11) is -3.25. The zero-order valence-corrected chi connectivity index (χ0v) is 19.3. The Kier molecular flexibility index (Phi) is 6.47. The first kappa shape index (κ1) is 23.2. The first-order valence-corrected chi connectivity index (χ1v) is 12.5. The second-order valence-electron chi connectivity index (χ2n) is 8.17. The number of fused-ring (bicyclic) bond motifs is 1. The number of rotatable bonds is 7. The molecule has 4 aromatic rings. The number of amides is 1. The first-order chi connectivity index (χ1) is 16.2. The van der Waals surface area contributed by atoms with Gasteiger partial charge in [0.2, 0.25) is 0 Å². The van der Waals surface area contributed by atoms with Crippen LogP contribution in [0.3, 0.4) is 0 Å². The predicted molar refractivity (Wildman–Crippen MR) is 131 cm³/mol. The van der Waals surface area contributed by atoms with Crippen LogP contribution in [-0.4, -0.2) is 31.7 Å². The number of carboxylic acid groups (broad SMARTS) is 1. The van der Waals surface area contributed by atoms with E-state index in [-0.39, 0.29) is 22.9 Å². The molecule has 0 spiro atoms. The summed E-state index contributed by atoms with van der Waals surface area (Å²) >= 11 is 0. The van der Waals surface area contributed by atoms with Gasteiger partial charge in [-0.1, -0.05) is 48.5 Å². The lowest BCUT2D eigenvalue weighted by atomic mass is 9.99. The molecule has 0 unspecified atom stereocenters. The van der Waals surface area contributed by atoms with Crippen molar-refractivity contribution in [3.05, 3.63) is 113 Å². The van der Waals surface area contributed by atoms with Gasteiger partial charge in [-0.15, -0.1) is 0 Å². The molecule has 172 valence electrons. The Morgan fingerprint density at radius 3 is 1.97 bits per heavy atom. The number of aromatic carboxylic acids is 1. The van der Waals surface area contributed by atoms with E-state index in [1.165, 1.54) is 12.1 Å². The number of benzene rings is 4. The first-order valence-electron chi connectivity index (χ1n) is 10.6. The number of nitrogens with one attached hydrogen (secondary N) is 1. The van der Waals surface area contributed by atoms with Crippen molar-refractivity contribution >= 4 is 32.5 Å². The molecule has 0 heterocycles. The van der Waals surface area contributed by atoms with Gasteiger partial charge in [0.15, 0.2) is 9.84 Å². The Balaban J connectivity index is 1.46. The molecule has 2 N–H and O–H groups in total. The summed E-state index contributed by atoms with van der Waals surface area (Å²) in [6.07, 6.45) is 1.81. The molecule has 4 aromatic carbocycles. The normalized spacial score (nSPS) is 11.3. The van der Waals surface area contributed by atoms with Crippen molar-refractivity contribution in [1.29, 1.82) is 0 Å². The standard InChI is InChI=1S/C27H23NO5S/c1-34(32,33)25-12-5-19(6-13-25)17-28-26(29)23-11-10-21-7-4-20(15-24(21)16-23)14-18-2-8-22(9-3-18)27(30)31/h2-13,15-16H,14,17H2,1H3,(H,28,29)(H,30,31). The number of carboxylic acids is 1. The number of hydrogen-bond acceptors (Lipinski definition) is 4. The van der Waals surface area contributed by atoms with Crippen LogP contribution in [0.5, 0.6) is 0 Å². The van der Waals surface area contributed by atoms with Gasteiger partial charge in [-0.2, -0.15) is 0 Å². The SMILES string of the molecule is CS(=O)(=O)c1ccc(CNC(=O)c2ccc3ccc(Cc4ccc(C(=O)O)cc4)cc3c2)cc1. The van der Waals surface area contributed by atoms with Gasteiger partial charge in [0.05, 0.1) is 10.5 Å². The summed E-state index contributed by atoms with van der Waals surface area (Å²) in [5.74, 6) is -1.17. The minimum absolute atomic E-state index is 0.219. The molecule has 0 radical (unpaired) electrons. The van der Waals surface area contributed by atoms with Crippen molar-refractivity contribution in [3.8, 4) is 0 Å². The van der Waals surface area contributed by atoms with Gasteiger partial charge in [-0.05, 0) is 70.3 Å². The third-order valence-corrected chi connectivity index (χ3v) is 6.71. The van der Waals surface area contributed by atoms with E-state index in [2.05, 4.69) is 5.32 Å². The molecule has 0 fully saturated rings. The molecule has 0 bridgehead atoms. The van der Waals surface area contributed by atoms with E-state index in [1.54, 1.807) is 42.5 Å². The molecule has 0 atom stereocenters. The monoisotopic (exact) mass is 473 g/mol. The van der Waals surface area contributed by atoms with Crippen molar-refractivity contribution in [2.45, 2.75) is 17.9 Å². The fraction of sp³-hybridized carbons (Fsp3) is 0.111. The lowest BCUT2D eigenvalue weighted by Gasteiger charge is -2.09. The summed E-state index contributed by atoms with van der Waals surface area (Å²) in [4.78, 5) is 24.0.